The van der Waals surface area contributed by atoms with Crippen LogP contribution in [0.15, 0.2) is 24.3 Å². The standard InChI is InChI=1S/C14H14N4S/c1-19-9-13-12-6-7-16-14(12)18(17-13)11-4-2-10(8-15)3-5-11/h2-5,16H,6-7,9H2,1H3. The van der Waals surface area contributed by atoms with Crippen LogP contribution in [-0.4, -0.2) is 22.6 Å². The molecule has 0 spiro atoms. The SMILES string of the molecule is CSCc1nn(-c2ccc(C#N)cc2)c2c1CCN2. The molecule has 5 heteroatoms. The van der Waals surface area contributed by atoms with Gasteiger partial charge in [0.15, 0.2) is 0 Å². The third-order valence-electron chi connectivity index (χ3n) is 3.26. The van der Waals surface area contributed by atoms with Gasteiger partial charge in [0.2, 0.25) is 0 Å². The molecule has 0 saturated carbocycles. The van der Waals surface area contributed by atoms with Crippen LogP contribution in [0.2, 0.25) is 0 Å². The van der Waals surface area contributed by atoms with Crippen molar-refractivity contribution in [2.24, 2.45) is 0 Å². The smallest absolute Gasteiger partial charge is 0.133 e. The lowest BCUT2D eigenvalue weighted by atomic mass is 10.2. The van der Waals surface area contributed by atoms with Crippen LogP contribution in [0.5, 0.6) is 0 Å². The molecule has 19 heavy (non-hydrogen) atoms. The predicted octanol–water partition coefficient (Wildman–Crippen LogP) is 2.57. The Hall–Kier alpha value is -1.93. The van der Waals surface area contributed by atoms with Crippen LogP contribution in [0.3, 0.4) is 0 Å². The lowest BCUT2D eigenvalue weighted by Gasteiger charge is -2.06. The molecular formula is C14H14N4S. The van der Waals surface area contributed by atoms with Gasteiger partial charge in [0.25, 0.3) is 0 Å². The third-order valence-corrected chi connectivity index (χ3v) is 3.82. The number of anilines is 1. The van der Waals surface area contributed by atoms with E-state index in [9.17, 15) is 0 Å². The van der Waals surface area contributed by atoms with E-state index < -0.39 is 0 Å². The summed E-state index contributed by atoms with van der Waals surface area (Å²) >= 11 is 1.79. The maximum absolute atomic E-state index is 8.84. The Morgan fingerprint density at radius 2 is 2.21 bits per heavy atom. The highest BCUT2D eigenvalue weighted by atomic mass is 32.2. The van der Waals surface area contributed by atoms with Crippen molar-refractivity contribution in [2.45, 2.75) is 12.2 Å². The second-order valence-corrected chi connectivity index (χ2v) is 5.32. The Labute approximate surface area is 116 Å². The van der Waals surface area contributed by atoms with Gasteiger partial charge in [-0.1, -0.05) is 0 Å². The van der Waals surface area contributed by atoms with Crippen molar-refractivity contribution < 1.29 is 0 Å². The predicted molar refractivity (Wildman–Crippen MR) is 77.7 cm³/mol. The number of nitriles is 1. The Kier molecular flexibility index (Phi) is 3.18. The van der Waals surface area contributed by atoms with Crippen molar-refractivity contribution in [3.8, 4) is 11.8 Å². The molecule has 0 atom stereocenters. The average molecular weight is 270 g/mol. The van der Waals surface area contributed by atoms with E-state index in [1.165, 1.54) is 5.56 Å². The molecule has 1 aromatic carbocycles. The maximum atomic E-state index is 8.84. The van der Waals surface area contributed by atoms with Gasteiger partial charge in [0.05, 0.1) is 23.0 Å². The fourth-order valence-corrected chi connectivity index (χ4v) is 2.87. The Morgan fingerprint density at radius 1 is 1.42 bits per heavy atom. The first-order valence-electron chi connectivity index (χ1n) is 6.17. The molecule has 0 aliphatic carbocycles. The van der Waals surface area contributed by atoms with Gasteiger partial charge in [-0.15, -0.1) is 0 Å². The summed E-state index contributed by atoms with van der Waals surface area (Å²) in [5.41, 5.74) is 4.16. The molecule has 0 unspecified atom stereocenters. The van der Waals surface area contributed by atoms with E-state index in [2.05, 4.69) is 17.6 Å². The van der Waals surface area contributed by atoms with Crippen molar-refractivity contribution >= 4 is 17.6 Å². The molecule has 0 fully saturated rings. The minimum absolute atomic E-state index is 0.671. The molecular weight excluding hydrogens is 256 g/mol. The lowest BCUT2D eigenvalue weighted by molar-refractivity contribution is 0.853. The van der Waals surface area contributed by atoms with Crippen molar-refractivity contribution in [1.82, 2.24) is 9.78 Å². The summed E-state index contributed by atoms with van der Waals surface area (Å²) in [4.78, 5) is 0. The third kappa shape index (κ3) is 2.08. The van der Waals surface area contributed by atoms with E-state index >= 15 is 0 Å². The first kappa shape index (κ1) is 12.1. The number of fused-ring (bicyclic) bond motifs is 1. The van der Waals surface area contributed by atoms with Crippen LogP contribution in [0.4, 0.5) is 5.82 Å². The maximum Gasteiger partial charge on any atom is 0.133 e. The van der Waals surface area contributed by atoms with Crippen molar-refractivity contribution in [2.75, 3.05) is 18.1 Å². The van der Waals surface area contributed by atoms with E-state index in [1.807, 2.05) is 28.9 Å². The number of hydrogen-bond acceptors (Lipinski definition) is 4. The van der Waals surface area contributed by atoms with Gasteiger partial charge in [-0.05, 0) is 36.9 Å². The van der Waals surface area contributed by atoms with E-state index in [-0.39, 0.29) is 0 Å². The Balaban J connectivity index is 2.05. The summed E-state index contributed by atoms with van der Waals surface area (Å²) < 4.78 is 1.95. The second kappa shape index (κ2) is 4.98. The van der Waals surface area contributed by atoms with Gasteiger partial charge in [0.1, 0.15) is 5.82 Å². The summed E-state index contributed by atoms with van der Waals surface area (Å²) in [5, 5.41) is 16.9. The minimum atomic E-state index is 0.671. The number of benzene rings is 1. The molecule has 0 saturated heterocycles. The van der Waals surface area contributed by atoms with E-state index in [0.29, 0.717) is 5.56 Å². The number of hydrogen-bond donors (Lipinski definition) is 1. The summed E-state index contributed by atoms with van der Waals surface area (Å²) in [6.45, 7) is 0.977. The largest absolute Gasteiger partial charge is 0.369 e. The van der Waals surface area contributed by atoms with Gasteiger partial charge in [-0.3, -0.25) is 0 Å². The van der Waals surface area contributed by atoms with Crippen LogP contribution < -0.4 is 5.32 Å². The average Bonchev–Trinajstić information content (AvgIpc) is 3.03. The molecule has 1 aliphatic heterocycles. The zero-order valence-electron chi connectivity index (χ0n) is 10.7. The van der Waals surface area contributed by atoms with Gasteiger partial charge in [-0.25, -0.2) is 4.68 Å². The summed E-state index contributed by atoms with van der Waals surface area (Å²) in [6.07, 6.45) is 3.14. The van der Waals surface area contributed by atoms with Gasteiger partial charge in [0, 0.05) is 17.9 Å². The van der Waals surface area contributed by atoms with E-state index in [1.54, 1.807) is 11.8 Å². The number of thioether (sulfide) groups is 1. The van der Waals surface area contributed by atoms with Crippen molar-refractivity contribution in [1.29, 1.82) is 5.26 Å². The molecule has 3 rings (SSSR count). The van der Waals surface area contributed by atoms with Crippen LogP contribution in [0.25, 0.3) is 5.69 Å². The van der Waals surface area contributed by atoms with Crippen LogP contribution in [0.1, 0.15) is 16.8 Å². The highest BCUT2D eigenvalue weighted by Crippen LogP contribution is 2.30. The molecule has 96 valence electrons. The van der Waals surface area contributed by atoms with Gasteiger partial charge >= 0.3 is 0 Å². The molecule has 0 amide bonds. The first-order valence-corrected chi connectivity index (χ1v) is 7.57. The highest BCUT2D eigenvalue weighted by molar-refractivity contribution is 7.97. The monoisotopic (exact) mass is 270 g/mol. The summed E-state index contributed by atoms with van der Waals surface area (Å²) in [5.74, 6) is 2.04. The normalized spacial score (nSPS) is 12.8. The molecule has 2 aromatic rings. The lowest BCUT2D eigenvalue weighted by Crippen LogP contribution is -2.04. The molecule has 0 radical (unpaired) electrons. The zero-order valence-corrected chi connectivity index (χ0v) is 11.5. The van der Waals surface area contributed by atoms with Gasteiger partial charge in [-0.2, -0.15) is 22.1 Å². The summed E-state index contributed by atoms with van der Waals surface area (Å²) in [7, 11) is 0. The van der Waals surface area contributed by atoms with Crippen LogP contribution in [0, 0.1) is 11.3 Å². The van der Waals surface area contributed by atoms with Crippen molar-refractivity contribution in [3.05, 3.63) is 41.1 Å². The first-order chi connectivity index (χ1) is 9.33. The zero-order chi connectivity index (χ0) is 13.2. The number of nitrogens with one attached hydrogen (secondary N) is 1. The fraction of sp³-hybridized carbons (Fsp3) is 0.286. The number of aromatic nitrogens is 2. The topological polar surface area (TPSA) is 53.6 Å². The molecule has 0 bridgehead atoms. The van der Waals surface area contributed by atoms with Crippen LogP contribution in [-0.2, 0) is 12.2 Å². The molecule has 1 aromatic heterocycles. The minimum Gasteiger partial charge on any atom is -0.369 e. The fourth-order valence-electron chi connectivity index (χ4n) is 2.36. The Bertz CT molecular complexity index is 637. The van der Waals surface area contributed by atoms with Gasteiger partial charge < -0.3 is 5.32 Å². The quantitative estimate of drug-likeness (QED) is 0.931. The van der Waals surface area contributed by atoms with Crippen LogP contribution >= 0.6 is 11.8 Å². The molecule has 2 heterocycles. The highest BCUT2D eigenvalue weighted by Gasteiger charge is 2.22. The van der Waals surface area contributed by atoms with E-state index in [4.69, 9.17) is 10.4 Å². The molecule has 1 N–H and O–H groups in total. The molecule has 4 nitrogen and oxygen atoms in total. The Morgan fingerprint density at radius 3 is 2.89 bits per heavy atom. The van der Waals surface area contributed by atoms with Crippen molar-refractivity contribution in [3.63, 3.8) is 0 Å². The number of rotatable bonds is 3. The number of nitrogens with zero attached hydrogens (tertiary/aromatic N) is 3. The van der Waals surface area contributed by atoms with E-state index in [0.717, 1.165) is 35.9 Å². The summed E-state index contributed by atoms with van der Waals surface area (Å²) in [6, 6.07) is 9.67. The second-order valence-electron chi connectivity index (χ2n) is 4.45. The molecule has 1 aliphatic rings.